The summed E-state index contributed by atoms with van der Waals surface area (Å²) < 4.78 is 0. The van der Waals surface area contributed by atoms with E-state index in [9.17, 15) is 0 Å². The van der Waals surface area contributed by atoms with E-state index in [1.54, 1.807) is 0 Å². The lowest BCUT2D eigenvalue weighted by molar-refractivity contribution is 0.140. The molecule has 0 radical (unpaired) electrons. The van der Waals surface area contributed by atoms with Gasteiger partial charge in [-0.2, -0.15) is 0 Å². The Balaban J connectivity index is 2.30. The van der Waals surface area contributed by atoms with Crippen LogP contribution in [0.15, 0.2) is 0 Å². The molecule has 13 heavy (non-hydrogen) atoms. The van der Waals surface area contributed by atoms with Crippen molar-refractivity contribution in [1.29, 1.82) is 0 Å². The molecule has 2 N–H and O–H groups in total. The summed E-state index contributed by atoms with van der Waals surface area (Å²) in [4.78, 5) is 2.49. The van der Waals surface area contributed by atoms with Crippen LogP contribution in [0, 0.1) is 0 Å². The van der Waals surface area contributed by atoms with E-state index in [0.717, 1.165) is 26.1 Å². The fourth-order valence-electron chi connectivity index (χ4n) is 2.11. The summed E-state index contributed by atoms with van der Waals surface area (Å²) in [5, 5.41) is 12.3. The summed E-state index contributed by atoms with van der Waals surface area (Å²) in [5.74, 6) is 0. The molecule has 0 saturated carbocycles. The molecule has 3 heteroatoms. The van der Waals surface area contributed by atoms with Crippen LogP contribution >= 0.6 is 0 Å². The van der Waals surface area contributed by atoms with Crippen LogP contribution in [0.3, 0.4) is 0 Å². The monoisotopic (exact) mass is 186 g/mol. The van der Waals surface area contributed by atoms with Gasteiger partial charge >= 0.3 is 0 Å². The minimum Gasteiger partial charge on any atom is -0.395 e. The molecule has 1 aliphatic rings. The van der Waals surface area contributed by atoms with Crippen molar-refractivity contribution in [2.45, 2.75) is 38.8 Å². The number of hydrogen-bond donors (Lipinski definition) is 2. The van der Waals surface area contributed by atoms with Crippen molar-refractivity contribution in [1.82, 2.24) is 10.2 Å². The summed E-state index contributed by atoms with van der Waals surface area (Å²) in [6, 6.07) is 1.02. The zero-order valence-corrected chi connectivity index (χ0v) is 8.79. The Morgan fingerprint density at radius 2 is 2.00 bits per heavy atom. The van der Waals surface area contributed by atoms with Crippen molar-refractivity contribution in [3.63, 3.8) is 0 Å². The summed E-state index contributed by atoms with van der Waals surface area (Å²) in [6.07, 6.45) is 2.33. The van der Waals surface area contributed by atoms with Crippen LogP contribution in [0.4, 0.5) is 0 Å². The third-order valence-corrected chi connectivity index (χ3v) is 3.04. The quantitative estimate of drug-likeness (QED) is 0.669. The lowest BCUT2D eigenvalue weighted by atomic mass is 10.00. The van der Waals surface area contributed by atoms with Gasteiger partial charge in [-0.1, -0.05) is 13.8 Å². The number of nitrogens with one attached hydrogen (secondary N) is 1. The van der Waals surface area contributed by atoms with E-state index in [2.05, 4.69) is 24.1 Å². The first kappa shape index (κ1) is 11.0. The Labute approximate surface area is 81.1 Å². The molecule has 1 rings (SSSR count). The molecule has 0 aliphatic carbocycles. The highest BCUT2D eigenvalue weighted by molar-refractivity contribution is 4.82. The maximum absolute atomic E-state index is 8.95. The second-order valence-corrected chi connectivity index (χ2v) is 3.74. The Morgan fingerprint density at radius 3 is 2.38 bits per heavy atom. The first-order chi connectivity index (χ1) is 6.31. The predicted octanol–water partition coefficient (Wildman–Crippen LogP) is 0.441. The zero-order valence-electron chi connectivity index (χ0n) is 8.79. The number of rotatable bonds is 4. The molecule has 1 heterocycles. The van der Waals surface area contributed by atoms with Gasteiger partial charge in [0.2, 0.25) is 0 Å². The van der Waals surface area contributed by atoms with Crippen molar-refractivity contribution in [3.05, 3.63) is 0 Å². The van der Waals surface area contributed by atoms with Gasteiger partial charge in [-0.15, -0.1) is 0 Å². The lowest BCUT2D eigenvalue weighted by Gasteiger charge is -2.36. The van der Waals surface area contributed by atoms with Crippen molar-refractivity contribution in [3.8, 4) is 0 Å². The predicted molar refractivity (Wildman–Crippen MR) is 54.8 cm³/mol. The van der Waals surface area contributed by atoms with Gasteiger partial charge < -0.3 is 10.4 Å². The topological polar surface area (TPSA) is 35.5 Å². The molecule has 0 aromatic rings. The van der Waals surface area contributed by atoms with Crippen LogP contribution in [-0.2, 0) is 0 Å². The Hall–Kier alpha value is -0.120. The normalized spacial score (nSPS) is 29.5. The van der Waals surface area contributed by atoms with Gasteiger partial charge in [0.25, 0.3) is 0 Å². The average molecular weight is 186 g/mol. The molecule has 0 bridgehead atoms. The molecular formula is C10H22N2O. The summed E-state index contributed by atoms with van der Waals surface area (Å²) in [7, 11) is 0. The SMILES string of the molecule is CCN(CC)C1CCC(CO)NC1. The smallest absolute Gasteiger partial charge is 0.0584 e. The Bertz CT molecular complexity index is 129. The second-order valence-electron chi connectivity index (χ2n) is 3.74. The highest BCUT2D eigenvalue weighted by atomic mass is 16.3. The van der Waals surface area contributed by atoms with Crippen LogP contribution < -0.4 is 5.32 Å². The average Bonchev–Trinajstić information content (AvgIpc) is 2.21. The third-order valence-electron chi connectivity index (χ3n) is 3.04. The van der Waals surface area contributed by atoms with E-state index in [1.165, 1.54) is 6.42 Å². The van der Waals surface area contributed by atoms with E-state index < -0.39 is 0 Å². The fourth-order valence-corrected chi connectivity index (χ4v) is 2.11. The number of aliphatic hydroxyl groups is 1. The molecule has 0 amide bonds. The van der Waals surface area contributed by atoms with Crippen LogP contribution in [0.2, 0.25) is 0 Å². The second kappa shape index (κ2) is 5.58. The molecular weight excluding hydrogens is 164 g/mol. The minimum absolute atomic E-state index is 0.283. The number of likely N-dealkylation sites (N-methyl/N-ethyl adjacent to an activating group) is 1. The van der Waals surface area contributed by atoms with Gasteiger partial charge in [0, 0.05) is 18.6 Å². The van der Waals surface area contributed by atoms with Gasteiger partial charge in [0.05, 0.1) is 6.61 Å². The van der Waals surface area contributed by atoms with Gasteiger partial charge in [-0.3, -0.25) is 4.90 Å². The number of aliphatic hydroxyl groups excluding tert-OH is 1. The summed E-state index contributed by atoms with van der Waals surface area (Å²) in [6.45, 7) is 8.00. The molecule has 0 aromatic heterocycles. The minimum atomic E-state index is 0.283. The molecule has 1 saturated heterocycles. The number of nitrogens with zero attached hydrogens (tertiary/aromatic N) is 1. The van der Waals surface area contributed by atoms with Gasteiger partial charge in [-0.05, 0) is 25.9 Å². The maximum Gasteiger partial charge on any atom is 0.0584 e. The molecule has 1 aliphatic heterocycles. The molecule has 0 aromatic carbocycles. The van der Waals surface area contributed by atoms with E-state index in [1.807, 2.05) is 0 Å². The van der Waals surface area contributed by atoms with Crippen molar-refractivity contribution >= 4 is 0 Å². The van der Waals surface area contributed by atoms with E-state index >= 15 is 0 Å². The van der Waals surface area contributed by atoms with Crippen molar-refractivity contribution in [2.24, 2.45) is 0 Å². The highest BCUT2D eigenvalue weighted by Crippen LogP contribution is 2.13. The van der Waals surface area contributed by atoms with Crippen LogP contribution in [-0.4, -0.2) is 48.3 Å². The molecule has 1 fully saturated rings. The standard InChI is InChI=1S/C10H22N2O/c1-3-12(4-2)10-6-5-9(8-13)11-7-10/h9-11,13H,3-8H2,1-2H3. The largest absolute Gasteiger partial charge is 0.395 e. The number of hydrogen-bond acceptors (Lipinski definition) is 3. The molecule has 3 nitrogen and oxygen atoms in total. The molecule has 0 spiro atoms. The van der Waals surface area contributed by atoms with Gasteiger partial charge in [0.1, 0.15) is 0 Å². The van der Waals surface area contributed by atoms with Crippen molar-refractivity contribution in [2.75, 3.05) is 26.2 Å². The zero-order chi connectivity index (χ0) is 9.68. The van der Waals surface area contributed by atoms with Gasteiger partial charge in [0.15, 0.2) is 0 Å². The fraction of sp³-hybridized carbons (Fsp3) is 1.00. The van der Waals surface area contributed by atoms with Crippen molar-refractivity contribution < 1.29 is 5.11 Å². The first-order valence-corrected chi connectivity index (χ1v) is 5.40. The van der Waals surface area contributed by atoms with Crippen LogP contribution in [0.5, 0.6) is 0 Å². The van der Waals surface area contributed by atoms with Gasteiger partial charge in [-0.25, -0.2) is 0 Å². The summed E-state index contributed by atoms with van der Waals surface area (Å²) in [5.41, 5.74) is 0. The number of piperidine rings is 1. The molecule has 2 atom stereocenters. The highest BCUT2D eigenvalue weighted by Gasteiger charge is 2.22. The Morgan fingerprint density at radius 1 is 1.31 bits per heavy atom. The molecule has 2 unspecified atom stereocenters. The third kappa shape index (κ3) is 2.93. The Kier molecular flexibility index (Phi) is 4.70. The van der Waals surface area contributed by atoms with E-state index in [-0.39, 0.29) is 6.61 Å². The first-order valence-electron chi connectivity index (χ1n) is 5.40. The van der Waals surface area contributed by atoms with Crippen LogP contribution in [0.25, 0.3) is 0 Å². The molecule has 78 valence electrons. The lowest BCUT2D eigenvalue weighted by Crippen LogP contribution is -2.50. The summed E-state index contributed by atoms with van der Waals surface area (Å²) >= 11 is 0. The maximum atomic E-state index is 8.95. The van der Waals surface area contributed by atoms with Crippen LogP contribution in [0.1, 0.15) is 26.7 Å². The van der Waals surface area contributed by atoms with E-state index in [4.69, 9.17) is 5.11 Å². The van der Waals surface area contributed by atoms with E-state index in [0.29, 0.717) is 12.1 Å².